The van der Waals surface area contributed by atoms with Gasteiger partial charge >= 0.3 is 0 Å². The van der Waals surface area contributed by atoms with E-state index in [0.717, 1.165) is 22.5 Å². The van der Waals surface area contributed by atoms with E-state index >= 15 is 0 Å². The van der Waals surface area contributed by atoms with Crippen molar-refractivity contribution in [3.63, 3.8) is 0 Å². The van der Waals surface area contributed by atoms with Gasteiger partial charge in [-0.2, -0.15) is 0 Å². The summed E-state index contributed by atoms with van der Waals surface area (Å²) in [6.45, 7) is 1.98. The van der Waals surface area contributed by atoms with E-state index in [9.17, 15) is 0 Å². The summed E-state index contributed by atoms with van der Waals surface area (Å²) in [7, 11) is 0. The summed E-state index contributed by atoms with van der Waals surface area (Å²) in [6.07, 6.45) is 3.48. The highest BCUT2D eigenvalue weighted by molar-refractivity contribution is 5.57. The number of pyridine rings is 2. The highest BCUT2D eigenvalue weighted by Crippen LogP contribution is 2.15. The number of hydrogen-bond donors (Lipinski definition) is 1. The van der Waals surface area contributed by atoms with E-state index < -0.39 is 0 Å². The van der Waals surface area contributed by atoms with Crippen LogP contribution in [0.1, 0.15) is 11.3 Å². The maximum atomic E-state index is 8.88. The average molecular weight is 200 g/mol. The molecule has 0 fully saturated rings. The van der Waals surface area contributed by atoms with Crippen molar-refractivity contribution in [1.29, 1.82) is 0 Å². The summed E-state index contributed by atoms with van der Waals surface area (Å²) in [5.74, 6) is 0. The Morgan fingerprint density at radius 3 is 2.47 bits per heavy atom. The van der Waals surface area contributed by atoms with Gasteiger partial charge in [0.2, 0.25) is 0 Å². The fraction of sp³-hybridized carbons (Fsp3) is 0.167. The molecule has 0 aromatic carbocycles. The molecule has 2 aromatic heterocycles. The third-order valence-electron chi connectivity index (χ3n) is 2.21. The van der Waals surface area contributed by atoms with Gasteiger partial charge < -0.3 is 5.11 Å². The number of aliphatic hydroxyl groups is 1. The van der Waals surface area contributed by atoms with Crippen LogP contribution in [0.3, 0.4) is 0 Å². The van der Waals surface area contributed by atoms with E-state index in [-0.39, 0.29) is 6.61 Å². The Morgan fingerprint density at radius 1 is 1.07 bits per heavy atom. The zero-order valence-electron chi connectivity index (χ0n) is 8.51. The Labute approximate surface area is 88.5 Å². The molecule has 2 aromatic rings. The van der Waals surface area contributed by atoms with Gasteiger partial charge in [0.1, 0.15) is 0 Å². The van der Waals surface area contributed by atoms with Crippen LogP contribution in [0.5, 0.6) is 0 Å². The molecule has 0 atom stereocenters. The van der Waals surface area contributed by atoms with Crippen molar-refractivity contribution in [2.45, 2.75) is 13.5 Å². The van der Waals surface area contributed by atoms with Crippen molar-refractivity contribution in [2.75, 3.05) is 0 Å². The van der Waals surface area contributed by atoms with Crippen molar-refractivity contribution < 1.29 is 5.11 Å². The first-order valence-electron chi connectivity index (χ1n) is 4.78. The third-order valence-corrected chi connectivity index (χ3v) is 2.21. The molecule has 0 spiro atoms. The van der Waals surface area contributed by atoms with Gasteiger partial charge in [-0.15, -0.1) is 0 Å². The van der Waals surface area contributed by atoms with E-state index in [1.54, 1.807) is 12.4 Å². The molecule has 0 saturated carbocycles. The van der Waals surface area contributed by atoms with Crippen molar-refractivity contribution in [2.24, 2.45) is 0 Å². The summed E-state index contributed by atoms with van der Waals surface area (Å²) in [4.78, 5) is 8.46. The van der Waals surface area contributed by atoms with Crippen molar-refractivity contribution in [3.05, 3.63) is 47.9 Å². The first-order chi connectivity index (χ1) is 7.29. The molecule has 0 saturated heterocycles. The van der Waals surface area contributed by atoms with Crippen molar-refractivity contribution in [1.82, 2.24) is 9.97 Å². The molecule has 0 unspecified atom stereocenters. The second-order valence-corrected chi connectivity index (χ2v) is 3.40. The fourth-order valence-electron chi connectivity index (χ4n) is 1.31. The lowest BCUT2D eigenvalue weighted by atomic mass is 10.1. The van der Waals surface area contributed by atoms with Crippen molar-refractivity contribution >= 4 is 0 Å². The first-order valence-corrected chi connectivity index (χ1v) is 4.78. The highest BCUT2D eigenvalue weighted by atomic mass is 16.3. The molecule has 76 valence electrons. The van der Waals surface area contributed by atoms with Crippen LogP contribution in [0.4, 0.5) is 0 Å². The second kappa shape index (κ2) is 4.19. The third kappa shape index (κ3) is 2.19. The van der Waals surface area contributed by atoms with E-state index in [0.29, 0.717) is 0 Å². The maximum absolute atomic E-state index is 8.88. The summed E-state index contributed by atoms with van der Waals surface area (Å²) < 4.78 is 0. The molecule has 0 radical (unpaired) electrons. The highest BCUT2D eigenvalue weighted by Gasteiger charge is 1.99. The molecule has 15 heavy (non-hydrogen) atoms. The molecule has 0 aliphatic rings. The molecule has 0 amide bonds. The predicted octanol–water partition coefficient (Wildman–Crippen LogP) is 1.94. The van der Waals surface area contributed by atoms with Crippen molar-refractivity contribution in [3.8, 4) is 11.3 Å². The van der Waals surface area contributed by atoms with Gasteiger partial charge in [-0.25, -0.2) is 0 Å². The summed E-state index contributed by atoms with van der Waals surface area (Å²) >= 11 is 0. The smallest absolute Gasteiger partial charge is 0.0717 e. The van der Waals surface area contributed by atoms with Crippen LogP contribution in [0.2, 0.25) is 0 Å². The average Bonchev–Trinajstić information content (AvgIpc) is 2.30. The lowest BCUT2D eigenvalue weighted by Gasteiger charge is -2.01. The molecule has 0 aliphatic heterocycles. The standard InChI is InChI=1S/C12H12N2O/c1-9-2-4-11(7-13-9)12-5-3-10(8-15)6-14-12/h2-7,15H,8H2,1H3. The summed E-state index contributed by atoms with van der Waals surface area (Å²) in [5.41, 5.74) is 3.68. The number of nitrogens with zero attached hydrogens (tertiary/aromatic N) is 2. The largest absolute Gasteiger partial charge is 0.392 e. The lowest BCUT2D eigenvalue weighted by molar-refractivity contribution is 0.281. The van der Waals surface area contributed by atoms with Gasteiger partial charge in [-0.3, -0.25) is 9.97 Å². The monoisotopic (exact) mass is 200 g/mol. The van der Waals surface area contributed by atoms with Gasteiger partial charge in [0.25, 0.3) is 0 Å². The topological polar surface area (TPSA) is 46.0 Å². The van der Waals surface area contributed by atoms with Gasteiger partial charge in [0.15, 0.2) is 0 Å². The van der Waals surface area contributed by atoms with Crippen LogP contribution in [0.15, 0.2) is 36.7 Å². The molecule has 0 aliphatic carbocycles. The maximum Gasteiger partial charge on any atom is 0.0717 e. The minimum Gasteiger partial charge on any atom is -0.392 e. The molecule has 2 rings (SSSR count). The normalized spacial score (nSPS) is 10.3. The van der Waals surface area contributed by atoms with E-state index in [4.69, 9.17) is 5.11 Å². The fourth-order valence-corrected chi connectivity index (χ4v) is 1.31. The zero-order valence-corrected chi connectivity index (χ0v) is 8.51. The molecule has 1 N–H and O–H groups in total. The Morgan fingerprint density at radius 2 is 1.93 bits per heavy atom. The predicted molar refractivity (Wildman–Crippen MR) is 58.1 cm³/mol. The molecule has 2 heterocycles. The number of aliphatic hydroxyl groups excluding tert-OH is 1. The van der Waals surface area contributed by atoms with Crippen LogP contribution < -0.4 is 0 Å². The van der Waals surface area contributed by atoms with E-state index in [2.05, 4.69) is 9.97 Å². The van der Waals surface area contributed by atoms with Crippen LogP contribution >= 0.6 is 0 Å². The van der Waals surface area contributed by atoms with E-state index in [1.165, 1.54) is 0 Å². The molecule has 0 bridgehead atoms. The SMILES string of the molecule is Cc1ccc(-c2ccc(CO)cn2)cn1. The number of aromatic nitrogens is 2. The minimum atomic E-state index is 0.0272. The first kappa shape index (κ1) is 9.80. The summed E-state index contributed by atoms with van der Waals surface area (Å²) in [6, 6.07) is 7.69. The second-order valence-electron chi connectivity index (χ2n) is 3.40. The van der Waals surface area contributed by atoms with Crippen LogP contribution in [0, 0.1) is 6.92 Å². The van der Waals surface area contributed by atoms with Crippen LogP contribution in [-0.4, -0.2) is 15.1 Å². The Hall–Kier alpha value is -1.74. The molecule has 3 heteroatoms. The van der Waals surface area contributed by atoms with Gasteiger partial charge in [0.05, 0.1) is 12.3 Å². The molecule has 3 nitrogen and oxygen atoms in total. The Bertz CT molecular complexity index is 434. The Kier molecular flexibility index (Phi) is 2.74. The van der Waals surface area contributed by atoms with Gasteiger partial charge in [-0.1, -0.05) is 6.07 Å². The quantitative estimate of drug-likeness (QED) is 0.805. The van der Waals surface area contributed by atoms with Gasteiger partial charge in [0, 0.05) is 23.7 Å². The van der Waals surface area contributed by atoms with Crippen LogP contribution in [0.25, 0.3) is 11.3 Å². The number of hydrogen-bond acceptors (Lipinski definition) is 3. The van der Waals surface area contributed by atoms with E-state index in [1.807, 2.05) is 31.2 Å². The summed E-state index contributed by atoms with van der Waals surface area (Å²) in [5, 5.41) is 8.88. The number of aryl methyl sites for hydroxylation is 1. The molecular weight excluding hydrogens is 188 g/mol. The minimum absolute atomic E-state index is 0.0272. The Balaban J connectivity index is 2.33. The number of rotatable bonds is 2. The zero-order chi connectivity index (χ0) is 10.7. The van der Waals surface area contributed by atoms with Crippen LogP contribution in [-0.2, 0) is 6.61 Å². The van der Waals surface area contributed by atoms with Gasteiger partial charge in [-0.05, 0) is 30.7 Å². The molecular formula is C12H12N2O. The lowest BCUT2D eigenvalue weighted by Crippen LogP contribution is -1.89.